The second kappa shape index (κ2) is 9.52. The van der Waals surface area contributed by atoms with E-state index in [1.54, 1.807) is 67.8 Å². The van der Waals surface area contributed by atoms with E-state index in [0.717, 1.165) is 0 Å². The number of amides is 1. The van der Waals surface area contributed by atoms with Crippen molar-refractivity contribution < 1.29 is 23.9 Å². The summed E-state index contributed by atoms with van der Waals surface area (Å²) in [5.74, 6) is -0.570. The van der Waals surface area contributed by atoms with Gasteiger partial charge >= 0.3 is 5.97 Å². The van der Waals surface area contributed by atoms with E-state index in [4.69, 9.17) is 9.47 Å². The Morgan fingerprint density at radius 2 is 1.33 bits per heavy atom. The van der Waals surface area contributed by atoms with Crippen LogP contribution in [0.1, 0.15) is 33.2 Å². The number of anilines is 1. The second-order valence-corrected chi connectivity index (χ2v) is 6.54. The highest BCUT2D eigenvalue weighted by Gasteiger charge is 2.19. The van der Waals surface area contributed by atoms with E-state index in [1.807, 2.05) is 6.07 Å². The van der Waals surface area contributed by atoms with Gasteiger partial charge in [-0.1, -0.05) is 42.5 Å². The van der Waals surface area contributed by atoms with Crippen LogP contribution in [-0.4, -0.2) is 30.9 Å². The number of rotatable bonds is 7. The summed E-state index contributed by atoms with van der Waals surface area (Å²) in [6.45, 7) is 1.49. The van der Waals surface area contributed by atoms with Crippen molar-refractivity contribution in [3.63, 3.8) is 0 Å². The molecular weight excluding hydrogens is 382 g/mol. The number of carbonyl (C=O) groups is 3. The van der Waals surface area contributed by atoms with Crippen molar-refractivity contribution in [3.05, 3.63) is 95.6 Å². The zero-order valence-electron chi connectivity index (χ0n) is 16.6. The predicted octanol–water partition coefficient (Wildman–Crippen LogP) is 4.11. The Labute approximate surface area is 174 Å². The van der Waals surface area contributed by atoms with Gasteiger partial charge in [-0.25, -0.2) is 4.79 Å². The number of nitrogens with one attached hydrogen (secondary N) is 1. The normalized spacial score (nSPS) is 11.3. The van der Waals surface area contributed by atoms with Crippen LogP contribution in [0, 0.1) is 0 Å². The van der Waals surface area contributed by atoms with E-state index in [2.05, 4.69) is 5.32 Å². The van der Waals surface area contributed by atoms with Gasteiger partial charge in [0, 0.05) is 16.8 Å². The molecule has 1 N–H and O–H groups in total. The molecule has 0 saturated carbocycles. The monoisotopic (exact) mass is 403 g/mol. The molecule has 6 nitrogen and oxygen atoms in total. The van der Waals surface area contributed by atoms with Gasteiger partial charge < -0.3 is 14.8 Å². The summed E-state index contributed by atoms with van der Waals surface area (Å²) in [6.07, 6.45) is -0.995. The maximum Gasteiger partial charge on any atom is 0.338 e. The lowest BCUT2D eigenvalue weighted by atomic mass is 10.0. The quantitative estimate of drug-likeness (QED) is 0.474. The summed E-state index contributed by atoms with van der Waals surface area (Å²) in [5, 5.41) is 2.68. The number of ketones is 1. The highest BCUT2D eigenvalue weighted by atomic mass is 16.5. The van der Waals surface area contributed by atoms with E-state index in [1.165, 1.54) is 19.1 Å². The van der Waals surface area contributed by atoms with Gasteiger partial charge in [0.2, 0.25) is 0 Å². The van der Waals surface area contributed by atoms with Crippen molar-refractivity contribution in [1.29, 1.82) is 0 Å². The first-order chi connectivity index (χ1) is 14.5. The molecule has 1 atom stereocenters. The van der Waals surface area contributed by atoms with Crippen molar-refractivity contribution in [1.82, 2.24) is 0 Å². The topological polar surface area (TPSA) is 81.7 Å². The first-order valence-electron chi connectivity index (χ1n) is 9.33. The summed E-state index contributed by atoms with van der Waals surface area (Å²) in [5.41, 5.74) is 1.84. The van der Waals surface area contributed by atoms with Crippen LogP contribution in [0.5, 0.6) is 5.75 Å². The SMILES string of the molecule is COc1ccc(NC(=O)[C@@H](C)OC(=O)c2ccc(C(=O)c3ccccc3)cc2)cc1. The average molecular weight is 403 g/mol. The van der Waals surface area contributed by atoms with Crippen LogP contribution in [0.25, 0.3) is 0 Å². The third-order valence-electron chi connectivity index (χ3n) is 4.43. The van der Waals surface area contributed by atoms with Crippen molar-refractivity contribution in [2.24, 2.45) is 0 Å². The number of esters is 1. The molecule has 6 heteroatoms. The smallest absolute Gasteiger partial charge is 0.338 e. The largest absolute Gasteiger partial charge is 0.497 e. The molecular formula is C24H21NO5. The lowest BCUT2D eigenvalue weighted by Gasteiger charge is -2.14. The van der Waals surface area contributed by atoms with Gasteiger partial charge in [0.25, 0.3) is 5.91 Å². The average Bonchev–Trinajstić information content (AvgIpc) is 2.79. The number of hydrogen-bond acceptors (Lipinski definition) is 5. The fourth-order valence-electron chi connectivity index (χ4n) is 2.71. The van der Waals surface area contributed by atoms with Crippen molar-refractivity contribution >= 4 is 23.3 Å². The van der Waals surface area contributed by atoms with Gasteiger partial charge in [0.15, 0.2) is 11.9 Å². The number of carbonyl (C=O) groups excluding carboxylic acids is 3. The Bertz CT molecular complexity index is 1030. The summed E-state index contributed by atoms with van der Waals surface area (Å²) < 4.78 is 10.3. The van der Waals surface area contributed by atoms with Crippen LogP contribution < -0.4 is 10.1 Å². The van der Waals surface area contributed by atoms with Crippen molar-refractivity contribution in [3.8, 4) is 5.75 Å². The van der Waals surface area contributed by atoms with Crippen LogP contribution in [0.3, 0.4) is 0 Å². The molecule has 152 valence electrons. The maximum absolute atomic E-state index is 12.4. The minimum Gasteiger partial charge on any atom is -0.497 e. The molecule has 0 unspecified atom stereocenters. The Morgan fingerprint density at radius 3 is 1.93 bits per heavy atom. The van der Waals surface area contributed by atoms with E-state index in [-0.39, 0.29) is 11.3 Å². The molecule has 0 fully saturated rings. The molecule has 0 bridgehead atoms. The maximum atomic E-state index is 12.4. The molecule has 0 saturated heterocycles. The van der Waals surface area contributed by atoms with E-state index in [0.29, 0.717) is 22.6 Å². The molecule has 3 aromatic carbocycles. The fraction of sp³-hybridized carbons (Fsp3) is 0.125. The first-order valence-corrected chi connectivity index (χ1v) is 9.33. The van der Waals surface area contributed by atoms with Gasteiger partial charge in [-0.3, -0.25) is 9.59 Å². The number of hydrogen-bond donors (Lipinski definition) is 1. The molecule has 0 aliphatic heterocycles. The molecule has 0 aliphatic carbocycles. The Kier molecular flexibility index (Phi) is 6.60. The minimum absolute atomic E-state index is 0.136. The third kappa shape index (κ3) is 5.11. The Morgan fingerprint density at radius 1 is 0.767 bits per heavy atom. The molecule has 0 spiro atoms. The fourth-order valence-corrected chi connectivity index (χ4v) is 2.71. The number of ether oxygens (including phenoxy) is 2. The van der Waals surface area contributed by atoms with Gasteiger partial charge in [0.05, 0.1) is 12.7 Å². The third-order valence-corrected chi connectivity index (χ3v) is 4.43. The van der Waals surface area contributed by atoms with Crippen LogP contribution in [0.2, 0.25) is 0 Å². The molecule has 30 heavy (non-hydrogen) atoms. The number of methoxy groups -OCH3 is 1. The van der Waals surface area contributed by atoms with Crippen molar-refractivity contribution in [2.75, 3.05) is 12.4 Å². The van der Waals surface area contributed by atoms with Crippen LogP contribution in [0.4, 0.5) is 5.69 Å². The zero-order chi connectivity index (χ0) is 21.5. The molecule has 0 aliphatic rings. The molecule has 3 rings (SSSR count). The van der Waals surface area contributed by atoms with E-state index < -0.39 is 18.0 Å². The lowest BCUT2D eigenvalue weighted by Crippen LogP contribution is -2.30. The zero-order valence-corrected chi connectivity index (χ0v) is 16.6. The van der Waals surface area contributed by atoms with Gasteiger partial charge in [0.1, 0.15) is 5.75 Å². The van der Waals surface area contributed by atoms with Crippen LogP contribution in [0.15, 0.2) is 78.9 Å². The van der Waals surface area contributed by atoms with Crippen molar-refractivity contribution in [2.45, 2.75) is 13.0 Å². The van der Waals surface area contributed by atoms with Crippen LogP contribution in [-0.2, 0) is 9.53 Å². The minimum atomic E-state index is -0.995. The van der Waals surface area contributed by atoms with Gasteiger partial charge in [-0.15, -0.1) is 0 Å². The Balaban J connectivity index is 1.59. The standard InChI is InChI=1S/C24H21NO5/c1-16(23(27)25-20-12-14-21(29-2)15-13-20)30-24(28)19-10-8-18(9-11-19)22(26)17-6-4-3-5-7-17/h3-16H,1-2H3,(H,25,27)/t16-/m1/s1. The second-order valence-electron chi connectivity index (χ2n) is 6.54. The number of benzene rings is 3. The summed E-state index contributed by atoms with van der Waals surface area (Å²) in [7, 11) is 1.55. The molecule has 0 radical (unpaired) electrons. The lowest BCUT2D eigenvalue weighted by molar-refractivity contribution is -0.123. The highest BCUT2D eigenvalue weighted by molar-refractivity contribution is 6.09. The summed E-state index contributed by atoms with van der Waals surface area (Å²) in [4.78, 5) is 37.0. The predicted molar refractivity (Wildman–Crippen MR) is 113 cm³/mol. The first kappa shape index (κ1) is 20.8. The summed E-state index contributed by atoms with van der Waals surface area (Å²) in [6, 6.07) is 21.8. The Hall–Kier alpha value is -3.93. The molecule has 1 amide bonds. The van der Waals surface area contributed by atoms with Crippen LogP contribution >= 0.6 is 0 Å². The molecule has 0 heterocycles. The molecule has 0 aromatic heterocycles. The molecule has 3 aromatic rings. The van der Waals surface area contributed by atoms with Gasteiger partial charge in [-0.2, -0.15) is 0 Å². The highest BCUT2D eigenvalue weighted by Crippen LogP contribution is 2.16. The van der Waals surface area contributed by atoms with Gasteiger partial charge in [-0.05, 0) is 43.3 Å². The van der Waals surface area contributed by atoms with E-state index >= 15 is 0 Å². The summed E-state index contributed by atoms with van der Waals surface area (Å²) >= 11 is 0. The van der Waals surface area contributed by atoms with E-state index in [9.17, 15) is 14.4 Å².